The van der Waals surface area contributed by atoms with Crippen molar-refractivity contribution in [3.63, 3.8) is 0 Å². The smallest absolute Gasteiger partial charge is 0.249 e. The quantitative estimate of drug-likeness (QED) is 0.303. The van der Waals surface area contributed by atoms with Gasteiger partial charge in [-0.15, -0.1) is 0 Å². The molecule has 0 saturated carbocycles. The van der Waals surface area contributed by atoms with Crippen molar-refractivity contribution in [1.29, 1.82) is 0 Å². The highest BCUT2D eigenvalue weighted by atomic mass is 32.2. The van der Waals surface area contributed by atoms with Gasteiger partial charge in [-0.05, 0) is 76.5 Å². The Balaban J connectivity index is 1.32. The Morgan fingerprint density at radius 3 is 2.36 bits per heavy atom. The molecule has 1 fully saturated rings. The van der Waals surface area contributed by atoms with E-state index in [0.29, 0.717) is 18.0 Å². The van der Waals surface area contributed by atoms with Gasteiger partial charge < -0.3 is 19.1 Å². The van der Waals surface area contributed by atoms with E-state index < -0.39 is 10.0 Å². The summed E-state index contributed by atoms with van der Waals surface area (Å²) in [4.78, 5) is 18.4. The lowest BCUT2D eigenvalue weighted by molar-refractivity contribution is -0.141. The topological polar surface area (TPSA) is 75.1 Å². The van der Waals surface area contributed by atoms with Gasteiger partial charge in [-0.3, -0.25) is 4.79 Å². The summed E-state index contributed by atoms with van der Waals surface area (Å²) in [6.45, 7) is 10.7. The predicted molar refractivity (Wildman–Crippen MR) is 174 cm³/mol. The minimum atomic E-state index is -3.70. The number of carbonyl (C=O) groups is 1. The van der Waals surface area contributed by atoms with Crippen molar-refractivity contribution < 1.29 is 17.9 Å². The molecule has 0 radical (unpaired) electrons. The van der Waals surface area contributed by atoms with Gasteiger partial charge in [0.25, 0.3) is 0 Å². The number of benzene rings is 2. The minimum absolute atomic E-state index is 0.0603. The van der Waals surface area contributed by atoms with Crippen LogP contribution >= 0.6 is 0 Å². The van der Waals surface area contributed by atoms with E-state index in [1.54, 1.807) is 4.31 Å². The lowest BCUT2D eigenvalue weighted by atomic mass is 9.89. The van der Waals surface area contributed by atoms with Crippen LogP contribution in [0.3, 0.4) is 0 Å². The van der Waals surface area contributed by atoms with Crippen LogP contribution in [0.4, 0.5) is 0 Å². The molecule has 3 aromatic rings. The molecule has 3 unspecified atom stereocenters. The van der Waals surface area contributed by atoms with Crippen molar-refractivity contribution in [1.82, 2.24) is 18.7 Å². The Kier molecular flexibility index (Phi) is 9.99. The van der Waals surface area contributed by atoms with E-state index in [4.69, 9.17) is 4.74 Å². The van der Waals surface area contributed by atoms with Crippen LogP contribution in [0.25, 0.3) is 0 Å². The zero-order chi connectivity index (χ0) is 31.6. The Labute approximate surface area is 263 Å². The van der Waals surface area contributed by atoms with E-state index in [1.165, 1.54) is 11.3 Å². The molecule has 8 nitrogen and oxygen atoms in total. The third-order valence-corrected chi connectivity index (χ3v) is 11.4. The number of hydrogen-bond acceptors (Lipinski definition) is 5. The molecular formula is C35H48N4O4S. The molecule has 2 aliphatic heterocycles. The van der Waals surface area contributed by atoms with Gasteiger partial charge in [0.05, 0.1) is 17.5 Å². The first-order chi connectivity index (χ1) is 21.0. The molecule has 0 bridgehead atoms. The Morgan fingerprint density at radius 1 is 0.977 bits per heavy atom. The number of piperidine rings is 1. The fourth-order valence-electron chi connectivity index (χ4n) is 7.28. The van der Waals surface area contributed by atoms with E-state index in [9.17, 15) is 13.2 Å². The summed E-state index contributed by atoms with van der Waals surface area (Å²) in [5, 5.41) is 0. The lowest BCUT2D eigenvalue weighted by Gasteiger charge is -2.41. The van der Waals surface area contributed by atoms with Crippen molar-refractivity contribution in [2.75, 3.05) is 40.4 Å². The molecule has 238 valence electrons. The fourth-order valence-corrected chi connectivity index (χ4v) is 9.38. The summed E-state index contributed by atoms with van der Waals surface area (Å²) in [7, 11) is 0.443. The number of fused-ring (bicyclic) bond motifs is 1. The molecular weight excluding hydrogens is 572 g/mol. The molecule has 9 heteroatoms. The highest BCUT2D eigenvalue weighted by Crippen LogP contribution is 2.39. The molecule has 0 aliphatic carbocycles. The lowest BCUT2D eigenvalue weighted by Crippen LogP contribution is -2.48. The molecule has 2 aliphatic rings. The fraction of sp³-hybridized carbons (Fsp3) is 0.514. The first-order valence-corrected chi connectivity index (χ1v) is 17.3. The molecule has 0 spiro atoms. The largest absolute Gasteiger partial charge is 0.370 e. The van der Waals surface area contributed by atoms with Gasteiger partial charge in [-0.1, -0.05) is 61.4 Å². The van der Waals surface area contributed by atoms with Crippen LogP contribution in [0, 0.1) is 20.8 Å². The molecule has 3 heterocycles. The Hall–Kier alpha value is -2.98. The van der Waals surface area contributed by atoms with Crippen molar-refractivity contribution >= 4 is 15.9 Å². The van der Waals surface area contributed by atoms with E-state index in [2.05, 4.69) is 54.8 Å². The number of rotatable bonds is 10. The maximum Gasteiger partial charge on any atom is 0.249 e. The number of amides is 1. The SMILES string of the molecule is Cc1cc(C)c(S(=O)(=O)N2CCCCC2COCC(=O)N2CCn3c(CN(C)C)ccc3C2C(C)c2ccccc2)c(C)c1. The van der Waals surface area contributed by atoms with Gasteiger partial charge in [0.2, 0.25) is 15.9 Å². The zero-order valence-electron chi connectivity index (χ0n) is 27.1. The number of aryl methyl sites for hydroxylation is 3. The first kappa shape index (κ1) is 32.4. The molecule has 1 aromatic heterocycles. The summed E-state index contributed by atoms with van der Waals surface area (Å²) in [6.07, 6.45) is 2.48. The first-order valence-electron chi connectivity index (χ1n) is 15.8. The molecule has 2 aromatic carbocycles. The van der Waals surface area contributed by atoms with Crippen molar-refractivity contribution in [3.8, 4) is 0 Å². The van der Waals surface area contributed by atoms with Gasteiger partial charge in [0.1, 0.15) is 6.61 Å². The van der Waals surface area contributed by atoms with Crippen LogP contribution in [0.5, 0.6) is 0 Å². The van der Waals surface area contributed by atoms with Gasteiger partial charge in [-0.2, -0.15) is 4.31 Å². The third-order valence-electron chi connectivity index (χ3n) is 9.19. The number of sulfonamides is 1. The summed E-state index contributed by atoms with van der Waals surface area (Å²) >= 11 is 0. The van der Waals surface area contributed by atoms with E-state index in [1.807, 2.05) is 56.0 Å². The van der Waals surface area contributed by atoms with Crippen molar-refractivity contribution in [2.24, 2.45) is 0 Å². The Bertz CT molecular complexity index is 1540. The normalized spacial score (nSPS) is 20.1. The molecule has 1 saturated heterocycles. The monoisotopic (exact) mass is 620 g/mol. The summed E-state index contributed by atoms with van der Waals surface area (Å²) < 4.78 is 37.9. The van der Waals surface area contributed by atoms with Crippen LogP contribution in [0.15, 0.2) is 59.5 Å². The molecule has 3 atom stereocenters. The van der Waals surface area contributed by atoms with Crippen molar-refractivity contribution in [2.45, 2.75) is 82.9 Å². The zero-order valence-corrected chi connectivity index (χ0v) is 27.9. The molecule has 44 heavy (non-hydrogen) atoms. The Morgan fingerprint density at radius 2 is 1.68 bits per heavy atom. The van der Waals surface area contributed by atoms with Gasteiger partial charge in [0.15, 0.2) is 0 Å². The van der Waals surface area contributed by atoms with Crippen molar-refractivity contribution in [3.05, 3.63) is 88.2 Å². The molecule has 1 amide bonds. The average molecular weight is 621 g/mol. The summed E-state index contributed by atoms with van der Waals surface area (Å²) in [5.74, 6) is 0.0242. The third kappa shape index (κ3) is 6.66. The summed E-state index contributed by atoms with van der Waals surface area (Å²) in [5.41, 5.74) is 6.16. The highest BCUT2D eigenvalue weighted by molar-refractivity contribution is 7.89. The van der Waals surface area contributed by atoms with Gasteiger partial charge >= 0.3 is 0 Å². The number of hydrogen-bond donors (Lipinski definition) is 0. The van der Waals surface area contributed by atoms with Crippen LogP contribution in [-0.2, 0) is 32.6 Å². The van der Waals surface area contributed by atoms with Crippen LogP contribution in [-0.4, -0.2) is 79.4 Å². The highest BCUT2D eigenvalue weighted by Gasteiger charge is 2.38. The van der Waals surface area contributed by atoms with Gasteiger partial charge in [-0.25, -0.2) is 8.42 Å². The van der Waals surface area contributed by atoms with E-state index >= 15 is 0 Å². The number of ether oxygens (including phenoxy) is 1. The second-order valence-corrected chi connectivity index (χ2v) is 14.7. The standard InChI is InChI=1S/C35H48N4O4S/c1-25-20-26(2)35(27(3)21-25)44(41,42)39-17-11-10-14-31(39)23-43-24-33(40)38-19-18-37-30(22-36(5)6)15-16-32(37)34(38)28(4)29-12-8-7-9-13-29/h7-9,12-13,15-16,20-21,28,31,34H,10-11,14,17-19,22-24H2,1-6H3. The second kappa shape index (κ2) is 13.6. The van der Waals surface area contributed by atoms with Crippen LogP contribution in [0.2, 0.25) is 0 Å². The summed E-state index contributed by atoms with van der Waals surface area (Å²) in [6, 6.07) is 18.1. The molecule has 0 N–H and O–H groups in total. The predicted octanol–water partition coefficient (Wildman–Crippen LogP) is 5.42. The average Bonchev–Trinajstić information content (AvgIpc) is 3.38. The number of carbonyl (C=O) groups excluding carboxylic acids is 1. The van der Waals surface area contributed by atoms with Crippen LogP contribution < -0.4 is 0 Å². The van der Waals surface area contributed by atoms with E-state index in [-0.39, 0.29) is 37.1 Å². The number of aromatic nitrogens is 1. The molecule has 5 rings (SSSR count). The van der Waals surface area contributed by atoms with Crippen LogP contribution in [0.1, 0.15) is 71.8 Å². The maximum atomic E-state index is 13.9. The maximum absolute atomic E-state index is 13.9. The number of nitrogens with zero attached hydrogens (tertiary/aromatic N) is 4. The second-order valence-electron chi connectivity index (χ2n) is 12.9. The minimum Gasteiger partial charge on any atom is -0.370 e. The van der Waals surface area contributed by atoms with E-state index in [0.717, 1.165) is 54.7 Å². The van der Waals surface area contributed by atoms with Gasteiger partial charge in [0, 0.05) is 49.5 Å².